The Kier molecular flexibility index (Phi) is 3.42. The van der Waals surface area contributed by atoms with Crippen molar-refractivity contribution in [2.75, 3.05) is 11.1 Å². The Bertz CT molecular complexity index is 734. The van der Waals surface area contributed by atoms with E-state index < -0.39 is 0 Å². The van der Waals surface area contributed by atoms with Crippen molar-refractivity contribution in [1.29, 1.82) is 0 Å². The highest BCUT2D eigenvalue weighted by molar-refractivity contribution is 9.10. The van der Waals surface area contributed by atoms with Gasteiger partial charge in [-0.1, -0.05) is 0 Å². The second kappa shape index (κ2) is 5.07. The molecule has 0 aliphatic heterocycles. The summed E-state index contributed by atoms with van der Waals surface area (Å²) in [6.07, 6.45) is 0. The first-order chi connectivity index (χ1) is 9.11. The van der Waals surface area contributed by atoms with Gasteiger partial charge in [-0.3, -0.25) is 0 Å². The highest BCUT2D eigenvalue weighted by Crippen LogP contribution is 2.29. The molecule has 0 spiro atoms. The molecule has 0 aliphatic carbocycles. The van der Waals surface area contributed by atoms with E-state index in [4.69, 9.17) is 5.73 Å². The normalized spacial score (nSPS) is 11.1. The molecule has 3 aromatic rings. The van der Waals surface area contributed by atoms with Crippen LogP contribution in [0.3, 0.4) is 0 Å². The van der Waals surface area contributed by atoms with Gasteiger partial charge in [0.05, 0.1) is 11.9 Å². The number of thiophene rings is 2. The molecule has 3 heterocycles. The number of nitrogen functional groups attached to an aromatic ring is 1. The van der Waals surface area contributed by atoms with E-state index >= 15 is 0 Å². The summed E-state index contributed by atoms with van der Waals surface area (Å²) in [6.45, 7) is 2.79. The Morgan fingerprint density at radius 3 is 2.95 bits per heavy atom. The molecular weight excluding hydrogens is 344 g/mol. The lowest BCUT2D eigenvalue weighted by molar-refractivity contribution is 1.14. The summed E-state index contributed by atoms with van der Waals surface area (Å²) in [4.78, 5) is 11.9. The maximum Gasteiger partial charge on any atom is 0.223 e. The molecular formula is C12H11BrN4S2. The van der Waals surface area contributed by atoms with Gasteiger partial charge in [-0.05, 0) is 35.0 Å². The number of nitrogens with zero attached hydrogens (tertiary/aromatic N) is 2. The maximum atomic E-state index is 5.75. The van der Waals surface area contributed by atoms with Crippen molar-refractivity contribution in [3.63, 3.8) is 0 Å². The van der Waals surface area contributed by atoms with Gasteiger partial charge in [0.25, 0.3) is 0 Å². The van der Waals surface area contributed by atoms with Crippen LogP contribution in [0.4, 0.5) is 11.8 Å². The summed E-state index contributed by atoms with van der Waals surface area (Å²) in [5.41, 5.74) is 5.75. The van der Waals surface area contributed by atoms with E-state index in [1.807, 2.05) is 0 Å². The number of nitrogens with one attached hydrogen (secondary N) is 1. The lowest BCUT2D eigenvalue weighted by Gasteiger charge is -2.05. The van der Waals surface area contributed by atoms with Gasteiger partial charge in [-0.2, -0.15) is 4.98 Å². The molecule has 0 aromatic carbocycles. The van der Waals surface area contributed by atoms with Crippen LogP contribution >= 0.6 is 38.6 Å². The van der Waals surface area contributed by atoms with Gasteiger partial charge < -0.3 is 11.1 Å². The van der Waals surface area contributed by atoms with Crippen LogP contribution in [0, 0.1) is 6.92 Å². The first-order valence-electron chi connectivity index (χ1n) is 5.62. The van der Waals surface area contributed by atoms with Gasteiger partial charge in [0.2, 0.25) is 5.95 Å². The summed E-state index contributed by atoms with van der Waals surface area (Å²) in [5, 5.41) is 6.44. The molecule has 0 atom stereocenters. The molecule has 3 aromatic heterocycles. The third-order valence-corrected chi connectivity index (χ3v) is 5.23. The van der Waals surface area contributed by atoms with Crippen LogP contribution in [0.1, 0.15) is 9.75 Å². The molecule has 0 saturated carbocycles. The zero-order chi connectivity index (χ0) is 13.4. The van der Waals surface area contributed by atoms with Gasteiger partial charge in [-0.25, -0.2) is 4.98 Å². The second-order valence-electron chi connectivity index (χ2n) is 4.09. The summed E-state index contributed by atoms with van der Waals surface area (Å²) >= 11 is 6.78. The highest BCUT2D eigenvalue weighted by Gasteiger charge is 2.09. The Balaban J connectivity index is 1.91. The quantitative estimate of drug-likeness (QED) is 0.745. The maximum absolute atomic E-state index is 5.75. The molecule has 0 radical (unpaired) electrons. The summed E-state index contributed by atoms with van der Waals surface area (Å²) < 4.78 is 1.10. The number of aryl methyl sites for hydroxylation is 1. The van der Waals surface area contributed by atoms with Gasteiger partial charge in [0.15, 0.2) is 0 Å². The number of nitrogens with two attached hydrogens (primary N) is 1. The summed E-state index contributed by atoms with van der Waals surface area (Å²) in [7, 11) is 0. The smallest absolute Gasteiger partial charge is 0.223 e. The van der Waals surface area contributed by atoms with Crippen molar-refractivity contribution in [3.05, 3.63) is 31.7 Å². The zero-order valence-corrected chi connectivity index (χ0v) is 13.3. The van der Waals surface area contributed by atoms with E-state index in [1.165, 1.54) is 9.75 Å². The number of halogens is 1. The van der Waals surface area contributed by atoms with E-state index in [9.17, 15) is 0 Å². The van der Waals surface area contributed by atoms with E-state index in [1.54, 1.807) is 22.7 Å². The molecule has 0 fully saturated rings. The number of aromatic nitrogens is 2. The van der Waals surface area contributed by atoms with Crippen molar-refractivity contribution in [1.82, 2.24) is 9.97 Å². The predicted molar refractivity (Wildman–Crippen MR) is 85.9 cm³/mol. The van der Waals surface area contributed by atoms with Gasteiger partial charge in [0.1, 0.15) is 10.6 Å². The van der Waals surface area contributed by atoms with E-state index in [0.29, 0.717) is 5.95 Å². The molecule has 3 rings (SSSR count). The van der Waals surface area contributed by atoms with Crippen LogP contribution in [-0.2, 0) is 6.54 Å². The standard InChI is InChI=1S/C12H11BrN4S2/c1-6-2-9-10(16-12(14)17-11(9)19-6)15-4-8-3-7(13)5-18-8/h2-3,5H,4H2,1H3,(H3,14,15,16,17). The average molecular weight is 355 g/mol. The van der Waals surface area contributed by atoms with Gasteiger partial charge in [0, 0.05) is 19.6 Å². The minimum Gasteiger partial charge on any atom is -0.368 e. The van der Waals surface area contributed by atoms with E-state index in [2.05, 4.69) is 55.7 Å². The minimum absolute atomic E-state index is 0.309. The van der Waals surface area contributed by atoms with Crippen molar-refractivity contribution < 1.29 is 0 Å². The predicted octanol–water partition coefficient (Wildman–Crippen LogP) is 4.02. The van der Waals surface area contributed by atoms with Crippen LogP contribution in [0.15, 0.2) is 22.0 Å². The largest absolute Gasteiger partial charge is 0.368 e. The minimum atomic E-state index is 0.309. The van der Waals surface area contributed by atoms with Crippen LogP contribution in [0.5, 0.6) is 0 Å². The van der Waals surface area contributed by atoms with Crippen LogP contribution in [-0.4, -0.2) is 9.97 Å². The molecule has 0 bridgehead atoms. The Morgan fingerprint density at radius 2 is 2.21 bits per heavy atom. The topological polar surface area (TPSA) is 63.8 Å². The third-order valence-electron chi connectivity index (χ3n) is 2.59. The number of rotatable bonds is 3. The fourth-order valence-electron chi connectivity index (χ4n) is 1.81. The fourth-order valence-corrected chi connectivity index (χ4v) is 4.09. The first kappa shape index (κ1) is 12.8. The van der Waals surface area contributed by atoms with Crippen molar-refractivity contribution in [2.45, 2.75) is 13.5 Å². The molecule has 0 amide bonds. The zero-order valence-electron chi connectivity index (χ0n) is 10.1. The Morgan fingerprint density at radius 1 is 1.37 bits per heavy atom. The molecule has 4 nitrogen and oxygen atoms in total. The molecule has 0 unspecified atom stereocenters. The van der Waals surface area contributed by atoms with Crippen molar-refractivity contribution >= 4 is 60.6 Å². The lowest BCUT2D eigenvalue weighted by Crippen LogP contribution is -2.03. The lowest BCUT2D eigenvalue weighted by atomic mass is 10.3. The van der Waals surface area contributed by atoms with Crippen molar-refractivity contribution in [2.24, 2.45) is 0 Å². The monoisotopic (exact) mass is 354 g/mol. The van der Waals surface area contributed by atoms with E-state index in [0.717, 1.165) is 27.1 Å². The first-order valence-corrected chi connectivity index (χ1v) is 8.11. The molecule has 3 N–H and O–H groups in total. The Labute approximate surface area is 126 Å². The van der Waals surface area contributed by atoms with Gasteiger partial charge >= 0.3 is 0 Å². The molecule has 0 saturated heterocycles. The number of fused-ring (bicyclic) bond motifs is 1. The van der Waals surface area contributed by atoms with Crippen LogP contribution < -0.4 is 11.1 Å². The molecule has 0 aliphatic rings. The van der Waals surface area contributed by atoms with Crippen molar-refractivity contribution in [3.8, 4) is 0 Å². The third kappa shape index (κ3) is 2.72. The van der Waals surface area contributed by atoms with Crippen LogP contribution in [0.2, 0.25) is 0 Å². The molecule has 19 heavy (non-hydrogen) atoms. The highest BCUT2D eigenvalue weighted by atomic mass is 79.9. The number of hydrogen-bond donors (Lipinski definition) is 2. The average Bonchev–Trinajstić information content (AvgIpc) is 2.91. The summed E-state index contributed by atoms with van der Waals surface area (Å²) in [6, 6.07) is 4.18. The number of hydrogen-bond acceptors (Lipinski definition) is 6. The van der Waals surface area contributed by atoms with E-state index in [-0.39, 0.29) is 0 Å². The number of anilines is 2. The summed E-state index contributed by atoms with van der Waals surface area (Å²) in [5.74, 6) is 1.11. The molecule has 7 heteroatoms. The van der Waals surface area contributed by atoms with Gasteiger partial charge in [-0.15, -0.1) is 22.7 Å². The fraction of sp³-hybridized carbons (Fsp3) is 0.167. The van der Waals surface area contributed by atoms with Crippen LogP contribution in [0.25, 0.3) is 10.2 Å². The molecule has 98 valence electrons. The SMILES string of the molecule is Cc1cc2c(NCc3cc(Br)cs3)nc(N)nc2s1. The Hall–Kier alpha value is -1.18. The second-order valence-corrected chi connectivity index (χ2v) is 7.24.